The maximum Gasteiger partial charge on any atom is 0.224 e. The first-order valence-corrected chi connectivity index (χ1v) is 11.0. The number of nitrogens with zero attached hydrogens (tertiary/aromatic N) is 1. The molecule has 0 saturated carbocycles. The quantitative estimate of drug-likeness (QED) is 0.594. The third kappa shape index (κ3) is 5.53. The van der Waals surface area contributed by atoms with E-state index in [0.717, 1.165) is 37.2 Å². The van der Waals surface area contributed by atoms with E-state index >= 15 is 0 Å². The lowest BCUT2D eigenvalue weighted by Crippen LogP contribution is -2.44. The monoisotopic (exact) mass is 414 g/mol. The van der Waals surface area contributed by atoms with Crippen LogP contribution in [0.1, 0.15) is 35.6 Å². The van der Waals surface area contributed by atoms with Gasteiger partial charge < -0.3 is 10.1 Å². The second-order valence-electron chi connectivity index (χ2n) is 8.19. The highest BCUT2D eigenvalue weighted by Crippen LogP contribution is 2.35. The minimum atomic E-state index is -0.00529. The van der Waals surface area contributed by atoms with Crippen molar-refractivity contribution in [1.29, 1.82) is 0 Å². The topological polar surface area (TPSA) is 41.6 Å². The summed E-state index contributed by atoms with van der Waals surface area (Å²) in [5.41, 5.74) is 3.64. The molecule has 1 fully saturated rings. The van der Waals surface area contributed by atoms with Crippen LogP contribution in [0, 0.1) is 5.92 Å². The molecule has 0 bridgehead atoms. The van der Waals surface area contributed by atoms with Crippen LogP contribution in [-0.4, -0.2) is 24.5 Å². The molecule has 1 amide bonds. The minimum Gasteiger partial charge on any atom is -0.497 e. The molecule has 0 aromatic heterocycles. The average molecular weight is 415 g/mol. The molecule has 3 aromatic rings. The number of carbonyl (C=O) groups excluding carboxylic acids is 1. The Bertz CT molecular complexity index is 975. The zero-order valence-electron chi connectivity index (χ0n) is 18.0. The van der Waals surface area contributed by atoms with Gasteiger partial charge in [-0.25, -0.2) is 0 Å². The van der Waals surface area contributed by atoms with Crippen LogP contribution < -0.4 is 10.1 Å². The van der Waals surface area contributed by atoms with E-state index in [9.17, 15) is 4.79 Å². The third-order valence-corrected chi connectivity index (χ3v) is 6.07. The predicted molar refractivity (Wildman–Crippen MR) is 124 cm³/mol. The first-order chi connectivity index (χ1) is 15.2. The van der Waals surface area contributed by atoms with Gasteiger partial charge in [0.1, 0.15) is 5.75 Å². The molecule has 1 heterocycles. The van der Waals surface area contributed by atoms with Gasteiger partial charge in [-0.15, -0.1) is 0 Å². The molecule has 31 heavy (non-hydrogen) atoms. The maximum absolute atomic E-state index is 13.0. The number of methoxy groups -OCH3 is 1. The Labute approximate surface area is 184 Å². The molecule has 1 aliphatic heterocycles. The minimum absolute atomic E-state index is 0.00529. The SMILES string of the molecule is COc1cccc(CN2C[C@H](C(=O)NCc3ccccc3)CC[C@@H]2c2ccccc2)c1. The summed E-state index contributed by atoms with van der Waals surface area (Å²) in [7, 11) is 1.69. The lowest BCUT2D eigenvalue weighted by molar-refractivity contribution is -0.127. The molecule has 1 N–H and O–H groups in total. The van der Waals surface area contributed by atoms with Gasteiger partial charge in [0.15, 0.2) is 0 Å². The standard InChI is InChI=1S/C27H30N2O2/c1-31-25-14-8-11-22(17-25)19-29-20-24(15-16-26(29)23-12-6-3-7-13-23)27(30)28-18-21-9-4-2-5-10-21/h2-14,17,24,26H,15-16,18-20H2,1H3,(H,28,30)/t24-,26-/m1/s1. The second kappa shape index (κ2) is 10.3. The van der Waals surface area contributed by atoms with Crippen LogP contribution in [-0.2, 0) is 17.9 Å². The number of hydrogen-bond donors (Lipinski definition) is 1. The van der Waals surface area contributed by atoms with Gasteiger partial charge in [0.2, 0.25) is 5.91 Å². The lowest BCUT2D eigenvalue weighted by atomic mass is 9.88. The Morgan fingerprint density at radius 3 is 2.39 bits per heavy atom. The Morgan fingerprint density at radius 2 is 1.65 bits per heavy atom. The average Bonchev–Trinajstić information content (AvgIpc) is 2.84. The number of amides is 1. The summed E-state index contributed by atoms with van der Waals surface area (Å²) in [6.07, 6.45) is 1.87. The molecule has 4 heteroatoms. The van der Waals surface area contributed by atoms with Gasteiger partial charge in [0, 0.05) is 25.7 Å². The third-order valence-electron chi connectivity index (χ3n) is 6.07. The summed E-state index contributed by atoms with van der Waals surface area (Å²) in [4.78, 5) is 15.4. The fourth-order valence-electron chi connectivity index (χ4n) is 4.42. The smallest absolute Gasteiger partial charge is 0.224 e. The molecular weight excluding hydrogens is 384 g/mol. The van der Waals surface area contributed by atoms with Crippen molar-refractivity contribution in [2.75, 3.05) is 13.7 Å². The molecule has 0 aliphatic carbocycles. The van der Waals surface area contributed by atoms with Crippen molar-refractivity contribution >= 4 is 5.91 Å². The van der Waals surface area contributed by atoms with E-state index < -0.39 is 0 Å². The first kappa shape index (κ1) is 21.1. The van der Waals surface area contributed by atoms with Crippen LogP contribution in [0.4, 0.5) is 0 Å². The van der Waals surface area contributed by atoms with Crippen LogP contribution in [0.25, 0.3) is 0 Å². The van der Waals surface area contributed by atoms with Crippen molar-refractivity contribution in [2.24, 2.45) is 5.92 Å². The van der Waals surface area contributed by atoms with Crippen LogP contribution in [0.2, 0.25) is 0 Å². The van der Waals surface area contributed by atoms with Crippen LogP contribution >= 0.6 is 0 Å². The molecular formula is C27H30N2O2. The zero-order chi connectivity index (χ0) is 21.5. The van der Waals surface area contributed by atoms with Crippen molar-refractivity contribution in [3.63, 3.8) is 0 Å². The number of rotatable bonds is 7. The van der Waals surface area contributed by atoms with Gasteiger partial charge >= 0.3 is 0 Å². The Kier molecular flexibility index (Phi) is 7.00. The highest BCUT2D eigenvalue weighted by molar-refractivity contribution is 5.79. The van der Waals surface area contributed by atoms with Crippen molar-refractivity contribution in [3.05, 3.63) is 102 Å². The zero-order valence-corrected chi connectivity index (χ0v) is 18.0. The van der Waals surface area contributed by atoms with E-state index in [-0.39, 0.29) is 11.8 Å². The maximum atomic E-state index is 13.0. The number of carbonyl (C=O) groups is 1. The van der Waals surface area contributed by atoms with Crippen LogP contribution in [0.5, 0.6) is 5.75 Å². The normalized spacial score (nSPS) is 19.0. The number of ether oxygens (including phenoxy) is 1. The van der Waals surface area contributed by atoms with Gasteiger partial charge in [0.25, 0.3) is 0 Å². The Hall–Kier alpha value is -3.11. The van der Waals surface area contributed by atoms with E-state index in [1.165, 1.54) is 11.1 Å². The van der Waals surface area contributed by atoms with E-state index in [2.05, 4.69) is 52.7 Å². The van der Waals surface area contributed by atoms with Gasteiger partial charge in [-0.1, -0.05) is 72.8 Å². The fraction of sp³-hybridized carbons (Fsp3) is 0.296. The molecule has 2 atom stereocenters. The Morgan fingerprint density at radius 1 is 0.935 bits per heavy atom. The molecule has 0 unspecified atom stereocenters. The van der Waals surface area contributed by atoms with Crippen molar-refractivity contribution < 1.29 is 9.53 Å². The molecule has 160 valence electrons. The number of nitrogens with one attached hydrogen (secondary N) is 1. The van der Waals surface area contributed by atoms with Gasteiger partial charge in [-0.05, 0) is 41.7 Å². The highest BCUT2D eigenvalue weighted by Gasteiger charge is 2.32. The fourth-order valence-corrected chi connectivity index (χ4v) is 4.42. The number of benzene rings is 3. The molecule has 4 nitrogen and oxygen atoms in total. The molecule has 0 spiro atoms. The largest absolute Gasteiger partial charge is 0.497 e. The lowest BCUT2D eigenvalue weighted by Gasteiger charge is -2.39. The molecule has 0 radical (unpaired) electrons. The summed E-state index contributed by atoms with van der Waals surface area (Å²) in [6, 6.07) is 29.2. The number of piperidine rings is 1. The first-order valence-electron chi connectivity index (χ1n) is 11.0. The highest BCUT2D eigenvalue weighted by atomic mass is 16.5. The summed E-state index contributed by atoms with van der Waals surface area (Å²) in [6.45, 7) is 2.12. The summed E-state index contributed by atoms with van der Waals surface area (Å²) in [5, 5.41) is 3.14. The van der Waals surface area contributed by atoms with E-state index in [1.54, 1.807) is 7.11 Å². The van der Waals surface area contributed by atoms with E-state index in [1.807, 2.05) is 42.5 Å². The number of likely N-dealkylation sites (tertiary alicyclic amines) is 1. The van der Waals surface area contributed by atoms with Gasteiger partial charge in [-0.2, -0.15) is 0 Å². The summed E-state index contributed by atoms with van der Waals surface area (Å²) in [5.74, 6) is 1.00. The van der Waals surface area contributed by atoms with E-state index in [4.69, 9.17) is 4.74 Å². The van der Waals surface area contributed by atoms with Gasteiger partial charge in [0.05, 0.1) is 13.0 Å². The molecule has 1 saturated heterocycles. The van der Waals surface area contributed by atoms with Crippen LogP contribution in [0.3, 0.4) is 0 Å². The molecule has 1 aliphatic rings. The van der Waals surface area contributed by atoms with Gasteiger partial charge in [-0.3, -0.25) is 9.69 Å². The Balaban J connectivity index is 1.48. The van der Waals surface area contributed by atoms with Crippen molar-refractivity contribution in [3.8, 4) is 5.75 Å². The second-order valence-corrected chi connectivity index (χ2v) is 8.19. The van der Waals surface area contributed by atoms with Crippen LogP contribution in [0.15, 0.2) is 84.9 Å². The molecule has 3 aromatic carbocycles. The number of hydrogen-bond acceptors (Lipinski definition) is 3. The summed E-state index contributed by atoms with van der Waals surface area (Å²) >= 11 is 0. The predicted octanol–water partition coefficient (Wildman–Crippen LogP) is 4.96. The van der Waals surface area contributed by atoms with Crippen molar-refractivity contribution in [1.82, 2.24) is 10.2 Å². The molecule has 4 rings (SSSR count). The van der Waals surface area contributed by atoms with Crippen molar-refractivity contribution in [2.45, 2.75) is 32.0 Å². The summed E-state index contributed by atoms with van der Waals surface area (Å²) < 4.78 is 5.41. The van der Waals surface area contributed by atoms with E-state index in [0.29, 0.717) is 12.6 Å².